The van der Waals surface area contributed by atoms with Crippen LogP contribution in [0.1, 0.15) is 0 Å². The summed E-state index contributed by atoms with van der Waals surface area (Å²) < 4.78 is 26.8. The topological polar surface area (TPSA) is 72.5 Å². The van der Waals surface area contributed by atoms with Gasteiger partial charge >= 0.3 is 5.97 Å². The Labute approximate surface area is 94.3 Å². The smallest absolute Gasteiger partial charge is 0.325 e. The van der Waals surface area contributed by atoms with E-state index in [0.29, 0.717) is 5.69 Å². The first kappa shape index (κ1) is 12.5. The summed E-state index contributed by atoms with van der Waals surface area (Å²) in [5, 5.41) is 2.80. The van der Waals surface area contributed by atoms with Crippen LogP contribution >= 0.6 is 0 Å². The number of methoxy groups -OCH3 is 1. The number of hydrogen-bond acceptors (Lipinski definition) is 5. The van der Waals surface area contributed by atoms with E-state index in [1.54, 1.807) is 12.1 Å². The van der Waals surface area contributed by atoms with E-state index in [1.165, 1.54) is 19.2 Å². The molecule has 0 radical (unpaired) electrons. The molecule has 1 aromatic carbocycles. The maximum atomic E-state index is 11.2. The zero-order valence-electron chi connectivity index (χ0n) is 9.06. The summed E-state index contributed by atoms with van der Waals surface area (Å²) in [6.07, 6.45) is 1.14. The average Bonchev–Trinajstić information content (AvgIpc) is 2.25. The number of benzene rings is 1. The van der Waals surface area contributed by atoms with Crippen molar-refractivity contribution in [2.24, 2.45) is 0 Å². The van der Waals surface area contributed by atoms with Gasteiger partial charge in [0, 0.05) is 11.9 Å². The first-order chi connectivity index (χ1) is 7.43. The van der Waals surface area contributed by atoms with Crippen molar-refractivity contribution in [3.05, 3.63) is 24.3 Å². The molecule has 1 N–H and O–H groups in total. The molecule has 0 amide bonds. The molecule has 0 aromatic heterocycles. The number of nitrogens with one attached hydrogen (secondary N) is 1. The summed E-state index contributed by atoms with van der Waals surface area (Å²) in [7, 11) is -1.87. The predicted molar refractivity (Wildman–Crippen MR) is 60.1 cm³/mol. The van der Waals surface area contributed by atoms with Gasteiger partial charge in [-0.05, 0) is 24.3 Å². The number of esters is 1. The number of ether oxygens (including phenoxy) is 1. The first-order valence-electron chi connectivity index (χ1n) is 4.54. The second-order valence-corrected chi connectivity index (χ2v) is 5.24. The Kier molecular flexibility index (Phi) is 3.89. The SMILES string of the molecule is COC(=O)CNc1ccc(S(C)(=O)=O)cc1. The number of carbonyl (C=O) groups excluding carboxylic acids is 1. The Hall–Kier alpha value is -1.56. The van der Waals surface area contributed by atoms with Crippen molar-refractivity contribution < 1.29 is 17.9 Å². The Morgan fingerprint density at radius 1 is 1.31 bits per heavy atom. The van der Waals surface area contributed by atoms with Crippen LogP contribution in [0.2, 0.25) is 0 Å². The van der Waals surface area contributed by atoms with Gasteiger partial charge in [-0.1, -0.05) is 0 Å². The molecule has 0 unspecified atom stereocenters. The van der Waals surface area contributed by atoms with Crippen LogP contribution in [0.3, 0.4) is 0 Å². The van der Waals surface area contributed by atoms with Gasteiger partial charge in [0.25, 0.3) is 0 Å². The van der Waals surface area contributed by atoms with Crippen molar-refractivity contribution in [3.8, 4) is 0 Å². The molecule has 88 valence electrons. The molecule has 0 atom stereocenters. The van der Waals surface area contributed by atoms with E-state index in [0.717, 1.165) is 6.26 Å². The zero-order valence-corrected chi connectivity index (χ0v) is 9.87. The van der Waals surface area contributed by atoms with E-state index >= 15 is 0 Å². The van der Waals surface area contributed by atoms with Crippen LogP contribution in [0, 0.1) is 0 Å². The van der Waals surface area contributed by atoms with Crippen molar-refractivity contribution in [2.75, 3.05) is 25.2 Å². The van der Waals surface area contributed by atoms with E-state index in [1.807, 2.05) is 0 Å². The van der Waals surface area contributed by atoms with Crippen molar-refractivity contribution in [1.82, 2.24) is 0 Å². The fourth-order valence-corrected chi connectivity index (χ4v) is 1.70. The van der Waals surface area contributed by atoms with Gasteiger partial charge in [0.15, 0.2) is 9.84 Å². The van der Waals surface area contributed by atoms with E-state index in [2.05, 4.69) is 10.1 Å². The molecule has 0 saturated heterocycles. The molecule has 0 aliphatic heterocycles. The highest BCUT2D eigenvalue weighted by Gasteiger charge is 2.06. The fraction of sp³-hybridized carbons (Fsp3) is 0.300. The third kappa shape index (κ3) is 3.54. The molecule has 5 nitrogen and oxygen atoms in total. The van der Waals surface area contributed by atoms with E-state index in [9.17, 15) is 13.2 Å². The Bertz CT molecular complexity index is 464. The largest absolute Gasteiger partial charge is 0.468 e. The average molecular weight is 243 g/mol. The zero-order chi connectivity index (χ0) is 12.2. The molecule has 1 aromatic rings. The summed E-state index contributed by atoms with van der Waals surface area (Å²) in [4.78, 5) is 11.1. The lowest BCUT2D eigenvalue weighted by molar-refractivity contribution is -0.138. The summed E-state index contributed by atoms with van der Waals surface area (Å²) in [6.45, 7) is 0.0503. The Morgan fingerprint density at radius 2 is 1.88 bits per heavy atom. The van der Waals surface area contributed by atoms with E-state index in [4.69, 9.17) is 0 Å². The lowest BCUT2D eigenvalue weighted by atomic mass is 10.3. The number of sulfone groups is 1. The lowest BCUT2D eigenvalue weighted by Crippen LogP contribution is -2.14. The summed E-state index contributed by atoms with van der Waals surface area (Å²) in [6, 6.07) is 6.16. The number of rotatable bonds is 4. The summed E-state index contributed by atoms with van der Waals surface area (Å²) in [5.41, 5.74) is 0.665. The third-order valence-electron chi connectivity index (χ3n) is 1.95. The highest BCUT2D eigenvalue weighted by Crippen LogP contribution is 2.13. The minimum absolute atomic E-state index is 0.0503. The van der Waals surface area contributed by atoms with Crippen LogP contribution in [-0.4, -0.2) is 34.3 Å². The van der Waals surface area contributed by atoms with Gasteiger partial charge in [0.1, 0.15) is 6.54 Å². The molecule has 0 spiro atoms. The molecule has 0 aliphatic rings. The molecular formula is C10H13NO4S. The molecule has 16 heavy (non-hydrogen) atoms. The molecule has 0 bridgehead atoms. The Balaban J connectivity index is 2.69. The maximum Gasteiger partial charge on any atom is 0.325 e. The van der Waals surface area contributed by atoms with Gasteiger partial charge in [-0.2, -0.15) is 0 Å². The van der Waals surface area contributed by atoms with Crippen molar-refractivity contribution in [2.45, 2.75) is 4.90 Å². The minimum Gasteiger partial charge on any atom is -0.468 e. The molecule has 1 rings (SSSR count). The van der Waals surface area contributed by atoms with Gasteiger partial charge in [0.2, 0.25) is 0 Å². The van der Waals surface area contributed by atoms with Crippen LogP contribution in [-0.2, 0) is 19.4 Å². The van der Waals surface area contributed by atoms with E-state index in [-0.39, 0.29) is 17.4 Å². The third-order valence-corrected chi connectivity index (χ3v) is 3.08. The maximum absolute atomic E-state index is 11.2. The normalized spacial score (nSPS) is 10.9. The van der Waals surface area contributed by atoms with Gasteiger partial charge in [-0.3, -0.25) is 4.79 Å². The van der Waals surface area contributed by atoms with Crippen LogP contribution in [0.15, 0.2) is 29.2 Å². The molecule has 6 heteroatoms. The van der Waals surface area contributed by atoms with Gasteiger partial charge in [-0.15, -0.1) is 0 Å². The van der Waals surface area contributed by atoms with Gasteiger partial charge in [0.05, 0.1) is 12.0 Å². The highest BCUT2D eigenvalue weighted by atomic mass is 32.2. The molecule has 0 fully saturated rings. The van der Waals surface area contributed by atoms with Crippen LogP contribution in [0.4, 0.5) is 5.69 Å². The van der Waals surface area contributed by atoms with Gasteiger partial charge in [-0.25, -0.2) is 8.42 Å². The highest BCUT2D eigenvalue weighted by molar-refractivity contribution is 7.90. The second-order valence-electron chi connectivity index (χ2n) is 3.23. The monoisotopic (exact) mass is 243 g/mol. The van der Waals surface area contributed by atoms with Crippen molar-refractivity contribution in [1.29, 1.82) is 0 Å². The minimum atomic E-state index is -3.17. The standard InChI is InChI=1S/C10H13NO4S/c1-15-10(12)7-11-8-3-5-9(6-4-8)16(2,13)14/h3-6,11H,7H2,1-2H3. The van der Waals surface area contributed by atoms with Crippen molar-refractivity contribution >= 4 is 21.5 Å². The van der Waals surface area contributed by atoms with E-state index < -0.39 is 9.84 Å². The quantitative estimate of drug-likeness (QED) is 0.787. The Morgan fingerprint density at radius 3 is 2.31 bits per heavy atom. The fourth-order valence-electron chi connectivity index (χ4n) is 1.07. The predicted octanol–water partition coefficient (Wildman–Crippen LogP) is 0.675. The number of hydrogen-bond donors (Lipinski definition) is 1. The molecule has 0 saturated carbocycles. The molecule has 0 aliphatic carbocycles. The van der Waals surface area contributed by atoms with Crippen LogP contribution in [0.25, 0.3) is 0 Å². The summed E-state index contributed by atoms with van der Waals surface area (Å²) in [5.74, 6) is -0.382. The summed E-state index contributed by atoms with van der Waals surface area (Å²) >= 11 is 0. The number of carbonyl (C=O) groups is 1. The van der Waals surface area contributed by atoms with Crippen molar-refractivity contribution in [3.63, 3.8) is 0 Å². The van der Waals surface area contributed by atoms with Gasteiger partial charge < -0.3 is 10.1 Å². The lowest BCUT2D eigenvalue weighted by Gasteiger charge is -2.05. The van der Waals surface area contributed by atoms with Crippen LogP contribution < -0.4 is 5.32 Å². The number of anilines is 1. The second kappa shape index (κ2) is 4.98. The first-order valence-corrected chi connectivity index (χ1v) is 6.43. The van der Waals surface area contributed by atoms with Crippen LogP contribution in [0.5, 0.6) is 0 Å². The molecular weight excluding hydrogens is 230 g/mol. The molecule has 0 heterocycles.